The second kappa shape index (κ2) is 7.95. The fourth-order valence-corrected chi connectivity index (χ4v) is 2.29. The number of hydrogen-bond donors (Lipinski definition) is 0. The predicted octanol–water partition coefficient (Wildman–Crippen LogP) is 2.47. The molecule has 0 N–H and O–H groups in total. The van der Waals surface area contributed by atoms with Crippen LogP contribution >= 0.6 is 0 Å². The summed E-state index contributed by atoms with van der Waals surface area (Å²) in [7, 11) is 7.46. The van der Waals surface area contributed by atoms with Gasteiger partial charge in [0.2, 0.25) is 0 Å². The molecule has 0 unspecified atom stereocenters. The highest BCUT2D eigenvalue weighted by Gasteiger charge is 2.18. The van der Waals surface area contributed by atoms with Crippen LogP contribution in [0.25, 0.3) is 0 Å². The lowest BCUT2D eigenvalue weighted by atomic mass is 9.69. The van der Waals surface area contributed by atoms with E-state index in [1.165, 1.54) is 6.04 Å². The zero-order valence-electron chi connectivity index (χ0n) is 12.7. The van der Waals surface area contributed by atoms with E-state index < -0.39 is 8.07 Å². The molecule has 0 saturated heterocycles. The summed E-state index contributed by atoms with van der Waals surface area (Å²) in [6, 6.07) is 1.22. The first-order valence-electron chi connectivity index (χ1n) is 6.33. The van der Waals surface area contributed by atoms with E-state index in [-0.39, 0.29) is 0 Å². The van der Waals surface area contributed by atoms with Crippen LogP contribution in [0.4, 0.5) is 0 Å². The molecule has 17 heavy (non-hydrogen) atoms. The second-order valence-electron chi connectivity index (χ2n) is 6.20. The fraction of sp³-hybridized carbons (Fsp3) is 0.833. The van der Waals surface area contributed by atoms with Crippen LogP contribution in [-0.2, 0) is 4.74 Å². The maximum Gasteiger partial charge on any atom is 0.314 e. The Kier molecular flexibility index (Phi) is 7.83. The average molecular weight is 256 g/mol. The van der Waals surface area contributed by atoms with Gasteiger partial charge in [-0.05, 0) is 40.6 Å². The van der Waals surface area contributed by atoms with Gasteiger partial charge in [-0.2, -0.15) is 0 Å². The van der Waals surface area contributed by atoms with Crippen LogP contribution in [0.15, 0.2) is 12.3 Å². The fourth-order valence-electron chi connectivity index (χ4n) is 1.56. The van der Waals surface area contributed by atoms with Gasteiger partial charge < -0.3 is 14.4 Å². The van der Waals surface area contributed by atoms with Crippen molar-refractivity contribution >= 4 is 15.1 Å². The molecule has 0 heterocycles. The van der Waals surface area contributed by atoms with Gasteiger partial charge in [-0.1, -0.05) is 25.7 Å². The Bertz CT molecular complexity index is 219. The summed E-state index contributed by atoms with van der Waals surface area (Å²) >= 11 is 0. The predicted molar refractivity (Wildman–Crippen MR) is 81.2 cm³/mol. The average Bonchev–Trinajstić information content (AvgIpc) is 2.13. The second-order valence-corrected chi connectivity index (χ2v) is 11.8. The number of ether oxygens (including phenoxy) is 1. The van der Waals surface area contributed by atoms with E-state index in [0.717, 1.165) is 12.9 Å². The number of nitrogens with zero attached hydrogens (tertiary/aromatic N) is 2. The van der Waals surface area contributed by atoms with Crippen LogP contribution < -0.4 is 0 Å². The molecule has 0 atom stereocenters. The van der Waals surface area contributed by atoms with Crippen LogP contribution in [0.1, 0.15) is 0 Å². The maximum absolute atomic E-state index is 5.54. The Labute approximate surface area is 109 Å². The van der Waals surface area contributed by atoms with Crippen LogP contribution in [0, 0.1) is 0 Å². The molecular formula is C12H29BN2OSi. The summed E-state index contributed by atoms with van der Waals surface area (Å²) in [6.07, 6.45) is 4.97. The van der Waals surface area contributed by atoms with Crippen LogP contribution in [0.3, 0.4) is 0 Å². The SMILES string of the molecule is CN(C)B(C/C=C\OCC[Si](C)(C)C)N(C)C. The quantitative estimate of drug-likeness (QED) is 0.377. The molecule has 0 aliphatic carbocycles. The van der Waals surface area contributed by atoms with Gasteiger partial charge in [-0.25, -0.2) is 0 Å². The molecule has 0 aliphatic rings. The van der Waals surface area contributed by atoms with E-state index >= 15 is 0 Å². The third kappa shape index (κ3) is 9.44. The molecule has 0 fully saturated rings. The van der Waals surface area contributed by atoms with Crippen molar-refractivity contribution in [2.45, 2.75) is 32.0 Å². The van der Waals surface area contributed by atoms with Gasteiger partial charge in [0.1, 0.15) is 0 Å². The van der Waals surface area contributed by atoms with Crippen molar-refractivity contribution in [3.8, 4) is 0 Å². The monoisotopic (exact) mass is 256 g/mol. The Morgan fingerprint density at radius 3 is 2.00 bits per heavy atom. The van der Waals surface area contributed by atoms with Crippen molar-refractivity contribution in [2.24, 2.45) is 0 Å². The Hall–Kier alpha value is -0.258. The summed E-state index contributed by atoms with van der Waals surface area (Å²) in [5.74, 6) is 0. The van der Waals surface area contributed by atoms with E-state index in [2.05, 4.69) is 63.5 Å². The molecule has 0 aromatic rings. The molecule has 0 aliphatic heterocycles. The summed E-state index contributed by atoms with van der Waals surface area (Å²) < 4.78 is 5.54. The standard InChI is InChI=1S/C12H29BN2OSi/c1-14(2)13(15(3)4)9-8-10-16-11-12-17(5,6)7/h8,10H,9,11-12H2,1-7H3/b10-8-. The highest BCUT2D eigenvalue weighted by Crippen LogP contribution is 2.08. The molecule has 0 radical (unpaired) electrons. The summed E-state index contributed by atoms with van der Waals surface area (Å²) in [5, 5.41) is 0. The highest BCUT2D eigenvalue weighted by atomic mass is 28.3. The van der Waals surface area contributed by atoms with Gasteiger partial charge >= 0.3 is 6.98 Å². The van der Waals surface area contributed by atoms with Crippen molar-refractivity contribution < 1.29 is 4.74 Å². The van der Waals surface area contributed by atoms with Crippen LogP contribution in [0.2, 0.25) is 32.0 Å². The normalized spacial score (nSPS) is 12.8. The summed E-state index contributed by atoms with van der Waals surface area (Å²) in [5.41, 5.74) is 0. The van der Waals surface area contributed by atoms with Gasteiger partial charge in [-0.3, -0.25) is 0 Å². The topological polar surface area (TPSA) is 15.7 Å². The first kappa shape index (κ1) is 16.7. The van der Waals surface area contributed by atoms with Crippen molar-refractivity contribution in [2.75, 3.05) is 34.8 Å². The van der Waals surface area contributed by atoms with Crippen LogP contribution in [-0.4, -0.2) is 59.5 Å². The van der Waals surface area contributed by atoms with E-state index in [4.69, 9.17) is 4.74 Å². The molecule has 0 spiro atoms. The Morgan fingerprint density at radius 2 is 1.59 bits per heavy atom. The number of rotatable bonds is 8. The molecule has 0 bridgehead atoms. The van der Waals surface area contributed by atoms with E-state index in [9.17, 15) is 0 Å². The number of hydrogen-bond acceptors (Lipinski definition) is 3. The minimum Gasteiger partial charge on any atom is -0.502 e. The van der Waals surface area contributed by atoms with Crippen molar-refractivity contribution in [1.29, 1.82) is 0 Å². The molecule has 3 nitrogen and oxygen atoms in total. The van der Waals surface area contributed by atoms with Gasteiger partial charge in [-0.15, -0.1) is 0 Å². The molecule has 0 aromatic carbocycles. The maximum atomic E-state index is 5.54. The van der Waals surface area contributed by atoms with Crippen molar-refractivity contribution in [1.82, 2.24) is 9.62 Å². The zero-order valence-corrected chi connectivity index (χ0v) is 13.7. The largest absolute Gasteiger partial charge is 0.502 e. The molecule has 0 saturated carbocycles. The third-order valence-electron chi connectivity index (χ3n) is 2.70. The lowest BCUT2D eigenvalue weighted by molar-refractivity contribution is 0.267. The first-order valence-corrected chi connectivity index (χ1v) is 10.0. The Morgan fingerprint density at radius 1 is 1.06 bits per heavy atom. The van der Waals surface area contributed by atoms with Crippen molar-refractivity contribution in [3.05, 3.63) is 12.3 Å². The van der Waals surface area contributed by atoms with Crippen molar-refractivity contribution in [3.63, 3.8) is 0 Å². The van der Waals surface area contributed by atoms with Gasteiger partial charge in [0.05, 0.1) is 12.9 Å². The minimum absolute atomic E-state index is 0.437. The van der Waals surface area contributed by atoms with E-state index in [1.54, 1.807) is 0 Å². The molecular weight excluding hydrogens is 227 g/mol. The minimum atomic E-state index is -0.950. The van der Waals surface area contributed by atoms with E-state index in [1.807, 2.05) is 6.26 Å². The lowest BCUT2D eigenvalue weighted by Gasteiger charge is -2.25. The number of allylic oxidation sites excluding steroid dienone is 1. The Balaban J connectivity index is 3.79. The molecule has 0 amide bonds. The highest BCUT2D eigenvalue weighted by molar-refractivity contribution is 6.76. The van der Waals surface area contributed by atoms with Gasteiger partial charge in [0.25, 0.3) is 0 Å². The molecule has 0 rings (SSSR count). The molecule has 100 valence electrons. The molecule has 0 aromatic heterocycles. The zero-order chi connectivity index (χ0) is 13.5. The molecule has 5 heteroatoms. The lowest BCUT2D eigenvalue weighted by Crippen LogP contribution is -2.45. The van der Waals surface area contributed by atoms with Crippen LogP contribution in [0.5, 0.6) is 0 Å². The van der Waals surface area contributed by atoms with Gasteiger partial charge in [0.15, 0.2) is 0 Å². The van der Waals surface area contributed by atoms with E-state index in [0.29, 0.717) is 6.98 Å². The first-order chi connectivity index (χ1) is 7.74. The smallest absolute Gasteiger partial charge is 0.314 e. The summed E-state index contributed by atoms with van der Waals surface area (Å²) in [4.78, 5) is 4.43. The third-order valence-corrected chi connectivity index (χ3v) is 4.41. The summed E-state index contributed by atoms with van der Waals surface area (Å²) in [6.45, 7) is 8.41. The van der Waals surface area contributed by atoms with Gasteiger partial charge in [0, 0.05) is 8.07 Å².